The summed E-state index contributed by atoms with van der Waals surface area (Å²) in [7, 11) is 0. The van der Waals surface area contributed by atoms with Crippen LogP contribution in [0.3, 0.4) is 0 Å². The van der Waals surface area contributed by atoms with Crippen molar-refractivity contribution in [3.8, 4) is 28.6 Å². The summed E-state index contributed by atoms with van der Waals surface area (Å²) in [6.45, 7) is 0.101. The van der Waals surface area contributed by atoms with Gasteiger partial charge in [0.05, 0.1) is 23.4 Å². The Hall–Kier alpha value is -4.47. The van der Waals surface area contributed by atoms with E-state index in [1.54, 1.807) is 6.07 Å². The van der Waals surface area contributed by atoms with Gasteiger partial charge >= 0.3 is 12.1 Å². The summed E-state index contributed by atoms with van der Waals surface area (Å²) in [6.07, 6.45) is -3.01. The maximum atomic E-state index is 13.7. The lowest BCUT2D eigenvalue weighted by Gasteiger charge is -2.12. The minimum absolute atomic E-state index is 0.0298. The molecule has 4 aromatic rings. The molecule has 7 nitrogen and oxygen atoms in total. The lowest BCUT2D eigenvalue weighted by atomic mass is 9.99. The van der Waals surface area contributed by atoms with Gasteiger partial charge in [0, 0.05) is 16.3 Å². The molecule has 39 heavy (non-hydrogen) atoms. The number of hydrogen-bond donors (Lipinski definition) is 1. The van der Waals surface area contributed by atoms with E-state index < -0.39 is 17.7 Å². The first-order valence-corrected chi connectivity index (χ1v) is 12.4. The zero-order valence-corrected chi connectivity index (χ0v) is 20.5. The second-order valence-corrected chi connectivity index (χ2v) is 9.67. The van der Waals surface area contributed by atoms with Gasteiger partial charge in [-0.2, -0.15) is 18.2 Å². The smallest absolute Gasteiger partial charge is 0.416 e. The Morgan fingerprint density at radius 2 is 1.87 bits per heavy atom. The maximum absolute atomic E-state index is 13.7. The van der Waals surface area contributed by atoms with Crippen LogP contribution in [0.25, 0.3) is 28.4 Å². The monoisotopic (exact) mass is 533 g/mol. The summed E-state index contributed by atoms with van der Waals surface area (Å²) in [5.41, 5.74) is 1.74. The van der Waals surface area contributed by atoms with Crippen molar-refractivity contribution in [3.63, 3.8) is 0 Å². The van der Waals surface area contributed by atoms with E-state index in [4.69, 9.17) is 14.3 Å². The maximum Gasteiger partial charge on any atom is 0.416 e. The van der Waals surface area contributed by atoms with Crippen LogP contribution < -0.4 is 15.3 Å². The molecule has 2 heterocycles. The van der Waals surface area contributed by atoms with E-state index in [1.807, 2.05) is 42.5 Å². The lowest BCUT2D eigenvalue weighted by molar-refractivity contribution is -0.138. The van der Waals surface area contributed by atoms with Crippen molar-refractivity contribution in [2.24, 2.45) is 10.9 Å². The number of carboxylic acids is 1. The number of fused-ring (bicyclic) bond motifs is 2. The quantitative estimate of drug-likeness (QED) is 0.358. The van der Waals surface area contributed by atoms with Gasteiger partial charge in [-0.3, -0.25) is 9.79 Å². The first-order valence-electron chi connectivity index (χ1n) is 12.4. The molecule has 0 radical (unpaired) electrons. The molecule has 1 aliphatic carbocycles. The van der Waals surface area contributed by atoms with Crippen molar-refractivity contribution < 1.29 is 32.3 Å². The fourth-order valence-electron chi connectivity index (χ4n) is 5.21. The number of rotatable bonds is 7. The van der Waals surface area contributed by atoms with Crippen molar-refractivity contribution in [1.29, 1.82) is 0 Å². The molecular weight excluding hydrogens is 511 g/mol. The van der Waals surface area contributed by atoms with Crippen LogP contribution in [0.4, 0.5) is 13.2 Å². The summed E-state index contributed by atoms with van der Waals surface area (Å²) in [5.74, 6) is -0.693. The molecular formula is C29H22F3N3O4. The van der Waals surface area contributed by atoms with E-state index in [2.05, 4.69) is 10.1 Å². The van der Waals surface area contributed by atoms with Gasteiger partial charge < -0.3 is 14.4 Å². The van der Waals surface area contributed by atoms with Crippen LogP contribution in [0.15, 0.2) is 76.2 Å². The molecule has 10 heteroatoms. The van der Waals surface area contributed by atoms with E-state index in [1.165, 1.54) is 6.07 Å². The molecule has 3 aromatic carbocycles. The van der Waals surface area contributed by atoms with E-state index in [0.717, 1.165) is 46.7 Å². The Morgan fingerprint density at radius 1 is 1.05 bits per heavy atom. The first kappa shape index (κ1) is 24.8. The highest BCUT2D eigenvalue weighted by molar-refractivity contribution is 5.70. The predicted molar refractivity (Wildman–Crippen MR) is 134 cm³/mol. The average Bonchev–Trinajstić information content (AvgIpc) is 3.64. The van der Waals surface area contributed by atoms with Crippen molar-refractivity contribution >= 4 is 11.5 Å². The highest BCUT2D eigenvalue weighted by Gasteiger charge is 2.36. The third-order valence-electron chi connectivity index (χ3n) is 7.06. The normalized spacial score (nSPS) is 18.0. The fourth-order valence-corrected chi connectivity index (χ4v) is 5.21. The second-order valence-electron chi connectivity index (χ2n) is 9.67. The van der Waals surface area contributed by atoms with Gasteiger partial charge in [-0.25, -0.2) is 0 Å². The summed E-state index contributed by atoms with van der Waals surface area (Å²) >= 11 is 0. The molecule has 0 amide bonds. The zero-order chi connectivity index (χ0) is 27.1. The number of nitrogens with zero attached hydrogens (tertiary/aromatic N) is 3. The Morgan fingerprint density at radius 3 is 2.64 bits per heavy atom. The Kier molecular flexibility index (Phi) is 6.17. The van der Waals surface area contributed by atoms with Crippen LogP contribution in [-0.2, 0) is 17.6 Å². The molecule has 6 rings (SSSR count). The van der Waals surface area contributed by atoms with E-state index in [-0.39, 0.29) is 48.0 Å². The fraction of sp³-hybridized carbons (Fsp3) is 0.241. The topological polar surface area (TPSA) is 97.8 Å². The number of halogens is 3. The third kappa shape index (κ3) is 5.01. The van der Waals surface area contributed by atoms with Gasteiger partial charge in [0.1, 0.15) is 12.4 Å². The highest BCUT2D eigenvalue weighted by Crippen LogP contribution is 2.38. The van der Waals surface area contributed by atoms with Gasteiger partial charge in [-0.1, -0.05) is 35.5 Å². The largest absolute Gasteiger partial charge is 0.489 e. The van der Waals surface area contributed by atoms with Crippen molar-refractivity contribution in [2.75, 3.05) is 0 Å². The van der Waals surface area contributed by atoms with Crippen molar-refractivity contribution in [1.82, 2.24) is 10.1 Å². The van der Waals surface area contributed by atoms with Gasteiger partial charge in [0.25, 0.3) is 5.89 Å². The van der Waals surface area contributed by atoms with E-state index in [9.17, 15) is 23.1 Å². The first-order chi connectivity index (χ1) is 18.7. The molecule has 1 N–H and O–H groups in total. The number of benzene rings is 3. The van der Waals surface area contributed by atoms with Crippen LogP contribution in [0, 0.1) is 5.92 Å². The average molecular weight is 534 g/mol. The van der Waals surface area contributed by atoms with Crippen LogP contribution in [0.1, 0.15) is 30.4 Å². The molecule has 0 saturated heterocycles. The number of ether oxygens (including phenoxy) is 1. The molecule has 1 aromatic heterocycles. The Balaban J connectivity index is 1.31. The van der Waals surface area contributed by atoms with Crippen LogP contribution in [-0.4, -0.2) is 27.3 Å². The van der Waals surface area contributed by atoms with Crippen LogP contribution in [0.5, 0.6) is 5.75 Å². The number of hydrogen-bond acceptors (Lipinski definition) is 6. The minimum atomic E-state index is -4.60. The van der Waals surface area contributed by atoms with E-state index >= 15 is 0 Å². The molecule has 198 valence electrons. The minimum Gasteiger partial charge on any atom is -0.489 e. The highest BCUT2D eigenvalue weighted by atomic mass is 19.4. The molecule has 0 spiro atoms. The molecule has 2 aliphatic rings. The SMILES string of the molecule is O=C(O)CC1CCC2=c3cc(-c4noc(-c5cc(OCc6ccccc6)cc(C(F)(F)F)c5)n4)ccc3=NC21. The van der Waals surface area contributed by atoms with Crippen molar-refractivity contribution in [3.05, 3.63) is 88.4 Å². The van der Waals surface area contributed by atoms with Crippen molar-refractivity contribution in [2.45, 2.75) is 38.1 Å². The molecule has 1 saturated carbocycles. The summed E-state index contributed by atoms with van der Waals surface area (Å²) in [6, 6.07) is 17.8. The van der Waals surface area contributed by atoms with Gasteiger partial charge in [0.15, 0.2) is 0 Å². The summed E-state index contributed by atoms with van der Waals surface area (Å²) in [4.78, 5) is 20.3. The predicted octanol–water partition coefficient (Wildman–Crippen LogP) is 5.04. The number of carboxylic acid groups (broad SMARTS) is 1. The van der Waals surface area contributed by atoms with E-state index in [0.29, 0.717) is 5.56 Å². The lowest BCUT2D eigenvalue weighted by Crippen LogP contribution is -2.22. The Bertz CT molecular complexity index is 1680. The van der Waals surface area contributed by atoms with Crippen LogP contribution >= 0.6 is 0 Å². The molecule has 2 unspecified atom stereocenters. The van der Waals surface area contributed by atoms with Gasteiger partial charge in [-0.15, -0.1) is 0 Å². The number of aromatic nitrogens is 2. The standard InChI is InChI=1S/C29H22F3N3O4/c30-29(31,32)20-10-19(11-21(14-20)38-15-16-4-2-1-3-5-16)28-34-27(35-39-28)18-7-9-24-23(12-18)22-8-6-17(13-25(36)37)26(22)33-24/h1-5,7,9-12,14,17,26H,6,8,13,15H2,(H,36,37). The number of carbonyl (C=O) groups is 1. The summed E-state index contributed by atoms with van der Waals surface area (Å²) in [5, 5.41) is 14.9. The third-order valence-corrected chi connectivity index (χ3v) is 7.06. The van der Waals surface area contributed by atoms with Gasteiger partial charge in [-0.05, 0) is 66.3 Å². The number of alkyl halides is 3. The molecule has 0 bridgehead atoms. The van der Waals surface area contributed by atoms with Crippen LogP contribution in [0.2, 0.25) is 0 Å². The molecule has 1 fully saturated rings. The van der Waals surface area contributed by atoms with Gasteiger partial charge in [0.2, 0.25) is 5.82 Å². The summed E-state index contributed by atoms with van der Waals surface area (Å²) < 4.78 is 52.0. The Labute approximate surface area is 220 Å². The second kappa shape index (κ2) is 9.68. The zero-order valence-electron chi connectivity index (χ0n) is 20.5. The molecule has 2 atom stereocenters. The number of aliphatic carboxylic acids is 1. The molecule has 1 aliphatic heterocycles.